The van der Waals surface area contributed by atoms with E-state index in [1.54, 1.807) is 18.2 Å². The molecule has 0 unspecified atom stereocenters. The Balaban J connectivity index is 1.85. The SMILES string of the molecule is CCCCOc1ccc(NC(=O)CNc2cc(Cl)c(Cl)cc2Cl)cc1. The fourth-order valence-corrected chi connectivity index (χ4v) is 2.62. The lowest BCUT2D eigenvalue weighted by Crippen LogP contribution is -2.21. The first-order valence-corrected chi connectivity index (χ1v) is 9.04. The molecule has 2 rings (SSSR count). The van der Waals surface area contributed by atoms with E-state index in [0.717, 1.165) is 18.6 Å². The Labute approximate surface area is 162 Å². The lowest BCUT2D eigenvalue weighted by atomic mass is 10.3. The van der Waals surface area contributed by atoms with E-state index in [1.807, 2.05) is 12.1 Å². The van der Waals surface area contributed by atoms with E-state index in [1.165, 1.54) is 6.07 Å². The number of carbonyl (C=O) groups excluding carboxylic acids is 1. The van der Waals surface area contributed by atoms with Crippen molar-refractivity contribution >= 4 is 52.1 Å². The maximum atomic E-state index is 12.0. The predicted octanol–water partition coefficient (Wildman–Crippen LogP) is 5.88. The summed E-state index contributed by atoms with van der Waals surface area (Å²) >= 11 is 17.9. The maximum Gasteiger partial charge on any atom is 0.243 e. The molecule has 0 saturated carbocycles. The highest BCUT2D eigenvalue weighted by molar-refractivity contribution is 6.44. The number of hydrogen-bond donors (Lipinski definition) is 2. The molecule has 25 heavy (non-hydrogen) atoms. The fraction of sp³-hybridized carbons (Fsp3) is 0.278. The van der Waals surface area contributed by atoms with Gasteiger partial charge in [-0.1, -0.05) is 48.1 Å². The summed E-state index contributed by atoms with van der Waals surface area (Å²) in [7, 11) is 0. The number of carbonyl (C=O) groups is 1. The van der Waals surface area contributed by atoms with Crippen LogP contribution in [0.4, 0.5) is 11.4 Å². The summed E-state index contributed by atoms with van der Waals surface area (Å²) in [6.45, 7) is 2.85. The van der Waals surface area contributed by atoms with Gasteiger partial charge in [0, 0.05) is 5.69 Å². The molecular weight excluding hydrogens is 383 g/mol. The van der Waals surface area contributed by atoms with Crippen molar-refractivity contribution in [2.45, 2.75) is 19.8 Å². The van der Waals surface area contributed by atoms with Gasteiger partial charge in [0.2, 0.25) is 5.91 Å². The maximum absolute atomic E-state index is 12.0. The molecule has 0 atom stereocenters. The zero-order chi connectivity index (χ0) is 18.2. The van der Waals surface area contributed by atoms with Gasteiger partial charge < -0.3 is 15.4 Å². The second kappa shape index (κ2) is 9.76. The van der Waals surface area contributed by atoms with Crippen molar-refractivity contribution in [2.75, 3.05) is 23.8 Å². The first kappa shape index (κ1) is 19.7. The van der Waals surface area contributed by atoms with Crippen LogP contribution in [0.3, 0.4) is 0 Å². The van der Waals surface area contributed by atoms with Crippen LogP contribution >= 0.6 is 34.8 Å². The molecule has 0 aliphatic carbocycles. The Bertz CT molecular complexity index is 721. The largest absolute Gasteiger partial charge is 0.494 e. The van der Waals surface area contributed by atoms with Crippen molar-refractivity contribution < 1.29 is 9.53 Å². The first-order chi connectivity index (χ1) is 12.0. The molecule has 2 N–H and O–H groups in total. The van der Waals surface area contributed by atoms with E-state index in [0.29, 0.717) is 33.0 Å². The lowest BCUT2D eigenvalue weighted by Gasteiger charge is -2.11. The quantitative estimate of drug-likeness (QED) is 0.429. The molecule has 0 heterocycles. The summed E-state index contributed by atoms with van der Waals surface area (Å²) in [6.07, 6.45) is 2.10. The third-order valence-electron chi connectivity index (χ3n) is 3.35. The van der Waals surface area contributed by atoms with E-state index in [4.69, 9.17) is 39.5 Å². The monoisotopic (exact) mass is 400 g/mol. The number of anilines is 2. The van der Waals surface area contributed by atoms with Crippen LogP contribution in [0.5, 0.6) is 5.75 Å². The molecule has 7 heteroatoms. The van der Waals surface area contributed by atoms with E-state index < -0.39 is 0 Å². The second-order valence-electron chi connectivity index (χ2n) is 5.37. The molecule has 0 aromatic heterocycles. The third-order valence-corrected chi connectivity index (χ3v) is 4.39. The van der Waals surface area contributed by atoms with E-state index >= 15 is 0 Å². The van der Waals surface area contributed by atoms with E-state index in [2.05, 4.69) is 17.6 Å². The Morgan fingerprint density at radius 3 is 2.40 bits per heavy atom. The van der Waals surface area contributed by atoms with Crippen molar-refractivity contribution in [2.24, 2.45) is 0 Å². The first-order valence-electron chi connectivity index (χ1n) is 7.90. The van der Waals surface area contributed by atoms with Gasteiger partial charge in [0.05, 0.1) is 33.9 Å². The highest BCUT2D eigenvalue weighted by atomic mass is 35.5. The number of nitrogens with one attached hydrogen (secondary N) is 2. The topological polar surface area (TPSA) is 50.4 Å². The number of hydrogen-bond acceptors (Lipinski definition) is 3. The van der Waals surface area contributed by atoms with Crippen molar-refractivity contribution in [3.63, 3.8) is 0 Å². The van der Waals surface area contributed by atoms with Crippen molar-refractivity contribution in [3.8, 4) is 5.75 Å². The molecular formula is C18H19Cl3N2O2. The van der Waals surface area contributed by atoms with Gasteiger partial charge in [0.1, 0.15) is 5.75 Å². The summed E-state index contributed by atoms with van der Waals surface area (Å²) in [5.41, 5.74) is 1.24. The van der Waals surface area contributed by atoms with Gasteiger partial charge in [0.15, 0.2) is 0 Å². The molecule has 0 bridgehead atoms. The van der Waals surface area contributed by atoms with Gasteiger partial charge in [-0.05, 0) is 42.8 Å². The summed E-state index contributed by atoms with van der Waals surface area (Å²) in [5.74, 6) is 0.578. The summed E-state index contributed by atoms with van der Waals surface area (Å²) in [6, 6.07) is 10.4. The van der Waals surface area contributed by atoms with E-state index in [-0.39, 0.29) is 12.5 Å². The molecule has 0 fully saturated rings. The van der Waals surface area contributed by atoms with Crippen LogP contribution in [-0.4, -0.2) is 19.1 Å². The molecule has 2 aromatic rings. The fourth-order valence-electron chi connectivity index (χ4n) is 2.01. The second-order valence-corrected chi connectivity index (χ2v) is 6.60. The van der Waals surface area contributed by atoms with Crippen LogP contribution in [-0.2, 0) is 4.79 Å². The van der Waals surface area contributed by atoms with Crippen LogP contribution in [0.25, 0.3) is 0 Å². The number of ether oxygens (including phenoxy) is 1. The summed E-state index contributed by atoms with van der Waals surface area (Å²) in [5, 5.41) is 6.86. The minimum atomic E-state index is -0.207. The minimum Gasteiger partial charge on any atom is -0.494 e. The standard InChI is InChI=1S/C18H19Cl3N2O2/c1-2-3-8-25-13-6-4-12(5-7-13)23-18(24)11-22-17-10-15(20)14(19)9-16(17)21/h4-7,9-10,22H,2-3,8,11H2,1H3,(H,23,24). The van der Waals surface area contributed by atoms with Crippen molar-refractivity contribution in [1.29, 1.82) is 0 Å². The minimum absolute atomic E-state index is 0.0480. The van der Waals surface area contributed by atoms with Crippen LogP contribution in [0.2, 0.25) is 15.1 Å². The molecule has 0 spiro atoms. The lowest BCUT2D eigenvalue weighted by molar-refractivity contribution is -0.114. The third kappa shape index (κ3) is 6.31. The highest BCUT2D eigenvalue weighted by Gasteiger charge is 2.08. The number of rotatable bonds is 8. The Morgan fingerprint density at radius 2 is 1.72 bits per heavy atom. The number of unbranched alkanes of at least 4 members (excludes halogenated alkanes) is 1. The molecule has 0 radical (unpaired) electrons. The van der Waals surface area contributed by atoms with Crippen molar-refractivity contribution in [1.82, 2.24) is 0 Å². The number of benzene rings is 2. The van der Waals surface area contributed by atoms with Crippen LogP contribution in [0.1, 0.15) is 19.8 Å². The average molecular weight is 402 g/mol. The van der Waals surface area contributed by atoms with Gasteiger partial charge in [0.25, 0.3) is 0 Å². The smallest absolute Gasteiger partial charge is 0.243 e. The predicted molar refractivity (Wildman–Crippen MR) is 105 cm³/mol. The number of halogens is 3. The van der Waals surface area contributed by atoms with Gasteiger partial charge in [-0.3, -0.25) is 4.79 Å². The zero-order valence-electron chi connectivity index (χ0n) is 13.7. The average Bonchev–Trinajstić information content (AvgIpc) is 2.59. The zero-order valence-corrected chi connectivity index (χ0v) is 16.0. The molecule has 0 aliphatic rings. The molecule has 0 aliphatic heterocycles. The van der Waals surface area contributed by atoms with Crippen LogP contribution in [0.15, 0.2) is 36.4 Å². The molecule has 0 saturated heterocycles. The Kier molecular flexibility index (Phi) is 7.69. The van der Waals surface area contributed by atoms with Gasteiger partial charge in [-0.2, -0.15) is 0 Å². The highest BCUT2D eigenvalue weighted by Crippen LogP contribution is 2.32. The summed E-state index contributed by atoms with van der Waals surface area (Å²) in [4.78, 5) is 12.0. The van der Waals surface area contributed by atoms with Crippen LogP contribution < -0.4 is 15.4 Å². The molecule has 134 valence electrons. The van der Waals surface area contributed by atoms with E-state index in [9.17, 15) is 4.79 Å². The number of amides is 1. The van der Waals surface area contributed by atoms with Crippen LogP contribution in [0, 0.1) is 0 Å². The van der Waals surface area contributed by atoms with Gasteiger partial charge in [-0.15, -0.1) is 0 Å². The normalized spacial score (nSPS) is 10.4. The van der Waals surface area contributed by atoms with Gasteiger partial charge >= 0.3 is 0 Å². The molecule has 1 amide bonds. The Morgan fingerprint density at radius 1 is 1.04 bits per heavy atom. The van der Waals surface area contributed by atoms with Gasteiger partial charge in [-0.25, -0.2) is 0 Å². The Hall–Kier alpha value is -1.62. The summed E-state index contributed by atoms with van der Waals surface area (Å²) < 4.78 is 5.58. The van der Waals surface area contributed by atoms with Crippen molar-refractivity contribution in [3.05, 3.63) is 51.5 Å². The molecule has 2 aromatic carbocycles. The molecule has 4 nitrogen and oxygen atoms in total.